The average molecular weight is 216 g/mol. The minimum absolute atomic E-state index is 0.106. The Hall–Kier alpha value is -1.57. The highest BCUT2D eigenvalue weighted by atomic mass is 16.5. The molecular weight excluding hydrogens is 200 g/mol. The minimum Gasteiger partial charge on any atom is -0.465 e. The SMILES string of the molecule is C=CC[C@@]1(c2ccccc2C)COC(=O)C1. The lowest BCUT2D eigenvalue weighted by atomic mass is 9.75. The summed E-state index contributed by atoms with van der Waals surface area (Å²) in [4.78, 5) is 11.4. The molecule has 0 aromatic heterocycles. The van der Waals surface area contributed by atoms with Crippen LogP contribution in [0.4, 0.5) is 0 Å². The molecule has 2 heteroatoms. The summed E-state index contributed by atoms with van der Waals surface area (Å²) in [5.74, 6) is -0.106. The lowest BCUT2D eigenvalue weighted by Crippen LogP contribution is -2.26. The molecule has 84 valence electrons. The fraction of sp³-hybridized carbons (Fsp3) is 0.357. The number of hydrogen-bond acceptors (Lipinski definition) is 2. The molecule has 1 fully saturated rings. The summed E-state index contributed by atoms with van der Waals surface area (Å²) in [6.07, 6.45) is 3.11. The smallest absolute Gasteiger partial charge is 0.306 e. The second kappa shape index (κ2) is 4.12. The second-order valence-electron chi connectivity index (χ2n) is 4.43. The van der Waals surface area contributed by atoms with Crippen molar-refractivity contribution in [2.75, 3.05) is 6.61 Å². The zero-order chi connectivity index (χ0) is 11.6. The van der Waals surface area contributed by atoms with E-state index in [1.54, 1.807) is 0 Å². The monoisotopic (exact) mass is 216 g/mol. The first-order chi connectivity index (χ1) is 7.68. The third-order valence-corrected chi connectivity index (χ3v) is 3.24. The standard InChI is InChI=1S/C14H16O2/c1-3-8-14(9-13(15)16-10-14)12-7-5-4-6-11(12)2/h3-7H,1,8-10H2,2H3/t14-/m0/s1. The molecule has 1 aromatic carbocycles. The molecule has 1 atom stereocenters. The molecule has 0 spiro atoms. The fourth-order valence-corrected chi connectivity index (χ4v) is 2.46. The van der Waals surface area contributed by atoms with E-state index < -0.39 is 0 Å². The molecule has 1 saturated heterocycles. The van der Waals surface area contributed by atoms with Gasteiger partial charge in [-0.15, -0.1) is 6.58 Å². The zero-order valence-corrected chi connectivity index (χ0v) is 9.53. The van der Waals surface area contributed by atoms with Crippen LogP contribution in [0.3, 0.4) is 0 Å². The van der Waals surface area contributed by atoms with E-state index in [9.17, 15) is 4.79 Å². The molecule has 0 unspecified atom stereocenters. The Labute approximate surface area is 95.9 Å². The van der Waals surface area contributed by atoms with Gasteiger partial charge in [-0.05, 0) is 24.5 Å². The number of esters is 1. The normalized spacial score (nSPS) is 24.2. The third-order valence-electron chi connectivity index (χ3n) is 3.24. The van der Waals surface area contributed by atoms with E-state index in [2.05, 4.69) is 25.6 Å². The summed E-state index contributed by atoms with van der Waals surface area (Å²) < 4.78 is 5.14. The number of carbonyl (C=O) groups excluding carboxylic acids is 1. The summed E-state index contributed by atoms with van der Waals surface area (Å²) in [5, 5.41) is 0. The number of ether oxygens (including phenoxy) is 1. The van der Waals surface area contributed by atoms with Crippen molar-refractivity contribution < 1.29 is 9.53 Å². The van der Waals surface area contributed by atoms with Crippen LogP contribution in [0, 0.1) is 6.92 Å². The van der Waals surface area contributed by atoms with Crippen molar-refractivity contribution in [3.63, 3.8) is 0 Å². The van der Waals surface area contributed by atoms with E-state index in [-0.39, 0.29) is 11.4 Å². The maximum atomic E-state index is 11.4. The predicted octanol–water partition coefficient (Wildman–Crippen LogP) is 2.76. The van der Waals surface area contributed by atoms with E-state index in [0.717, 1.165) is 6.42 Å². The summed E-state index contributed by atoms with van der Waals surface area (Å²) in [5.41, 5.74) is 2.23. The number of aryl methyl sites for hydroxylation is 1. The van der Waals surface area contributed by atoms with Crippen molar-refractivity contribution in [1.82, 2.24) is 0 Å². The Kier molecular flexibility index (Phi) is 2.82. The molecule has 16 heavy (non-hydrogen) atoms. The topological polar surface area (TPSA) is 26.3 Å². The van der Waals surface area contributed by atoms with Crippen molar-refractivity contribution in [2.24, 2.45) is 0 Å². The van der Waals surface area contributed by atoms with Crippen molar-refractivity contribution in [2.45, 2.75) is 25.2 Å². The molecule has 0 saturated carbocycles. The van der Waals surface area contributed by atoms with Gasteiger partial charge < -0.3 is 4.74 Å². The molecule has 0 radical (unpaired) electrons. The van der Waals surface area contributed by atoms with Gasteiger partial charge in [0.15, 0.2) is 0 Å². The first-order valence-corrected chi connectivity index (χ1v) is 5.50. The van der Waals surface area contributed by atoms with E-state index in [1.807, 2.05) is 18.2 Å². The van der Waals surface area contributed by atoms with Crippen molar-refractivity contribution in [3.05, 3.63) is 48.0 Å². The summed E-state index contributed by atoms with van der Waals surface area (Å²) in [7, 11) is 0. The van der Waals surface area contributed by atoms with Crippen LogP contribution in [-0.4, -0.2) is 12.6 Å². The van der Waals surface area contributed by atoms with Gasteiger partial charge >= 0.3 is 5.97 Å². The number of hydrogen-bond donors (Lipinski definition) is 0. The van der Waals surface area contributed by atoms with Gasteiger partial charge in [-0.25, -0.2) is 0 Å². The molecule has 1 aliphatic heterocycles. The maximum Gasteiger partial charge on any atom is 0.306 e. The van der Waals surface area contributed by atoms with Crippen LogP contribution in [0.15, 0.2) is 36.9 Å². The summed E-state index contributed by atoms with van der Waals surface area (Å²) >= 11 is 0. The Morgan fingerprint density at radius 1 is 1.50 bits per heavy atom. The quantitative estimate of drug-likeness (QED) is 0.573. The Bertz CT molecular complexity index is 422. The third kappa shape index (κ3) is 1.75. The highest BCUT2D eigenvalue weighted by Gasteiger charge is 2.41. The molecule has 0 N–H and O–H groups in total. The summed E-state index contributed by atoms with van der Waals surface area (Å²) in [6.45, 7) is 6.33. The van der Waals surface area contributed by atoms with E-state index in [1.165, 1.54) is 11.1 Å². The van der Waals surface area contributed by atoms with Crippen LogP contribution in [-0.2, 0) is 14.9 Å². The van der Waals surface area contributed by atoms with Gasteiger partial charge in [0, 0.05) is 5.41 Å². The lowest BCUT2D eigenvalue weighted by Gasteiger charge is -2.26. The Balaban J connectivity index is 2.44. The largest absolute Gasteiger partial charge is 0.465 e. The number of allylic oxidation sites excluding steroid dienone is 1. The first-order valence-electron chi connectivity index (χ1n) is 5.50. The second-order valence-corrected chi connectivity index (χ2v) is 4.43. The molecule has 0 amide bonds. The molecule has 0 aliphatic carbocycles. The van der Waals surface area contributed by atoms with Crippen LogP contribution in [0.25, 0.3) is 0 Å². The zero-order valence-electron chi connectivity index (χ0n) is 9.53. The van der Waals surface area contributed by atoms with Gasteiger partial charge in [-0.1, -0.05) is 30.3 Å². The minimum atomic E-state index is -0.190. The number of cyclic esters (lactones) is 1. The molecule has 0 bridgehead atoms. The highest BCUT2D eigenvalue weighted by molar-refractivity contribution is 5.74. The van der Waals surface area contributed by atoms with Crippen LogP contribution in [0.1, 0.15) is 24.0 Å². The number of benzene rings is 1. The predicted molar refractivity (Wildman–Crippen MR) is 63.2 cm³/mol. The van der Waals surface area contributed by atoms with Crippen LogP contribution in [0.5, 0.6) is 0 Å². The first kappa shape index (κ1) is 10.9. The molecule has 1 aliphatic rings. The lowest BCUT2D eigenvalue weighted by molar-refractivity contribution is -0.137. The van der Waals surface area contributed by atoms with E-state index in [0.29, 0.717) is 13.0 Å². The Morgan fingerprint density at radius 3 is 2.81 bits per heavy atom. The average Bonchev–Trinajstić information content (AvgIpc) is 2.62. The van der Waals surface area contributed by atoms with Crippen molar-refractivity contribution in [3.8, 4) is 0 Å². The molecule has 2 nitrogen and oxygen atoms in total. The molecule has 1 heterocycles. The van der Waals surface area contributed by atoms with E-state index >= 15 is 0 Å². The van der Waals surface area contributed by atoms with Crippen molar-refractivity contribution >= 4 is 5.97 Å². The maximum absolute atomic E-state index is 11.4. The van der Waals surface area contributed by atoms with Gasteiger partial charge in [0.05, 0.1) is 6.42 Å². The summed E-state index contributed by atoms with van der Waals surface area (Å²) in [6, 6.07) is 8.18. The van der Waals surface area contributed by atoms with Gasteiger partial charge in [0.25, 0.3) is 0 Å². The molecule has 2 rings (SSSR count). The van der Waals surface area contributed by atoms with Gasteiger partial charge in [-0.3, -0.25) is 4.79 Å². The van der Waals surface area contributed by atoms with Crippen LogP contribution in [0.2, 0.25) is 0 Å². The molecule has 1 aromatic rings. The van der Waals surface area contributed by atoms with Gasteiger partial charge in [0.2, 0.25) is 0 Å². The van der Waals surface area contributed by atoms with Crippen LogP contribution >= 0.6 is 0 Å². The Morgan fingerprint density at radius 2 is 2.25 bits per heavy atom. The highest BCUT2D eigenvalue weighted by Crippen LogP contribution is 2.38. The van der Waals surface area contributed by atoms with Crippen LogP contribution < -0.4 is 0 Å². The number of carbonyl (C=O) groups is 1. The fourth-order valence-electron chi connectivity index (χ4n) is 2.46. The molecular formula is C14H16O2. The van der Waals surface area contributed by atoms with Gasteiger partial charge in [0.1, 0.15) is 6.61 Å². The van der Waals surface area contributed by atoms with Crippen molar-refractivity contribution in [1.29, 1.82) is 0 Å². The van der Waals surface area contributed by atoms with E-state index in [4.69, 9.17) is 4.74 Å². The van der Waals surface area contributed by atoms with Gasteiger partial charge in [-0.2, -0.15) is 0 Å². The number of rotatable bonds is 3.